The Hall–Kier alpha value is -1.39. The van der Waals surface area contributed by atoms with Gasteiger partial charge in [0.2, 0.25) is 11.8 Å². The SMILES string of the molecule is CC(C)C(=O)OC1CC(=O)N1C(=O)C(CC(C)(C)C)C(C)(C)C. The summed E-state index contributed by atoms with van der Waals surface area (Å²) in [7, 11) is 0. The molecule has 0 aromatic rings. The van der Waals surface area contributed by atoms with Crippen molar-refractivity contribution >= 4 is 17.8 Å². The summed E-state index contributed by atoms with van der Waals surface area (Å²) in [6.45, 7) is 15.7. The van der Waals surface area contributed by atoms with Crippen molar-refractivity contribution in [3.8, 4) is 0 Å². The number of imide groups is 1. The Morgan fingerprint density at radius 2 is 1.70 bits per heavy atom. The Labute approximate surface area is 139 Å². The third-order valence-electron chi connectivity index (χ3n) is 4.03. The van der Waals surface area contributed by atoms with E-state index in [0.29, 0.717) is 6.42 Å². The molecule has 2 atom stereocenters. The summed E-state index contributed by atoms with van der Waals surface area (Å²) in [6, 6.07) is 0. The molecule has 0 aromatic carbocycles. The van der Waals surface area contributed by atoms with Gasteiger partial charge < -0.3 is 4.74 Å². The van der Waals surface area contributed by atoms with E-state index < -0.39 is 6.23 Å². The maximum atomic E-state index is 12.9. The van der Waals surface area contributed by atoms with Crippen molar-refractivity contribution in [2.75, 3.05) is 0 Å². The smallest absolute Gasteiger partial charge is 0.310 e. The summed E-state index contributed by atoms with van der Waals surface area (Å²) in [5.41, 5.74) is -0.307. The number of β-lactam (4-membered cyclic amide) rings is 1. The lowest BCUT2D eigenvalue weighted by atomic mass is 9.71. The molecular formula is C18H31NO4. The van der Waals surface area contributed by atoms with Gasteiger partial charge in [-0.15, -0.1) is 0 Å². The van der Waals surface area contributed by atoms with Gasteiger partial charge in [0.15, 0.2) is 6.23 Å². The number of ether oxygens (including phenoxy) is 1. The predicted octanol–water partition coefficient (Wildman–Crippen LogP) is 3.37. The molecule has 132 valence electrons. The van der Waals surface area contributed by atoms with Crippen LogP contribution in [0.15, 0.2) is 0 Å². The zero-order chi connectivity index (χ0) is 18.2. The Kier molecular flexibility index (Phi) is 5.65. The van der Waals surface area contributed by atoms with Crippen molar-refractivity contribution in [2.24, 2.45) is 22.7 Å². The fourth-order valence-electron chi connectivity index (χ4n) is 2.56. The first-order valence-electron chi connectivity index (χ1n) is 8.30. The third kappa shape index (κ3) is 5.05. The molecule has 2 unspecified atom stereocenters. The van der Waals surface area contributed by atoms with Gasteiger partial charge in [0.05, 0.1) is 12.3 Å². The van der Waals surface area contributed by atoms with Crippen LogP contribution in [0.2, 0.25) is 0 Å². The van der Waals surface area contributed by atoms with Crippen LogP contribution in [0.3, 0.4) is 0 Å². The zero-order valence-electron chi connectivity index (χ0n) is 15.7. The molecule has 0 radical (unpaired) electrons. The van der Waals surface area contributed by atoms with Gasteiger partial charge in [0, 0.05) is 5.92 Å². The van der Waals surface area contributed by atoms with Crippen molar-refractivity contribution in [1.29, 1.82) is 0 Å². The Bertz CT molecular complexity index is 482. The average molecular weight is 325 g/mol. The van der Waals surface area contributed by atoms with E-state index >= 15 is 0 Å². The average Bonchev–Trinajstić information content (AvgIpc) is 2.32. The van der Waals surface area contributed by atoms with Gasteiger partial charge in [-0.2, -0.15) is 0 Å². The highest BCUT2D eigenvalue weighted by Gasteiger charge is 2.48. The minimum absolute atomic E-state index is 0.0361. The van der Waals surface area contributed by atoms with Crippen molar-refractivity contribution in [3.05, 3.63) is 0 Å². The molecule has 1 aliphatic heterocycles. The van der Waals surface area contributed by atoms with Crippen LogP contribution < -0.4 is 0 Å². The van der Waals surface area contributed by atoms with Gasteiger partial charge in [-0.05, 0) is 17.3 Å². The van der Waals surface area contributed by atoms with Crippen LogP contribution in [0, 0.1) is 22.7 Å². The van der Waals surface area contributed by atoms with E-state index in [-0.39, 0.29) is 46.9 Å². The van der Waals surface area contributed by atoms with E-state index in [4.69, 9.17) is 4.74 Å². The first-order valence-corrected chi connectivity index (χ1v) is 8.30. The van der Waals surface area contributed by atoms with Crippen molar-refractivity contribution < 1.29 is 19.1 Å². The van der Waals surface area contributed by atoms with E-state index in [0.717, 1.165) is 4.90 Å². The molecule has 1 heterocycles. The normalized spacial score (nSPS) is 20.3. The molecule has 23 heavy (non-hydrogen) atoms. The first kappa shape index (κ1) is 19.7. The fourth-order valence-corrected chi connectivity index (χ4v) is 2.56. The Balaban J connectivity index is 2.93. The second-order valence-corrected chi connectivity index (χ2v) is 9.04. The van der Waals surface area contributed by atoms with E-state index in [1.165, 1.54) is 0 Å². The number of carbonyl (C=O) groups excluding carboxylic acids is 3. The topological polar surface area (TPSA) is 63.7 Å². The van der Waals surface area contributed by atoms with E-state index in [2.05, 4.69) is 20.8 Å². The van der Waals surface area contributed by atoms with E-state index in [1.54, 1.807) is 13.8 Å². The molecule has 1 aliphatic rings. The number of esters is 1. The van der Waals surface area contributed by atoms with Crippen LogP contribution in [0.4, 0.5) is 0 Å². The fraction of sp³-hybridized carbons (Fsp3) is 0.833. The molecule has 5 nitrogen and oxygen atoms in total. The van der Waals surface area contributed by atoms with Crippen LogP contribution in [-0.4, -0.2) is 28.9 Å². The maximum absolute atomic E-state index is 12.9. The second-order valence-electron chi connectivity index (χ2n) is 9.04. The molecule has 2 amide bonds. The molecule has 1 rings (SSSR count). The number of hydrogen-bond acceptors (Lipinski definition) is 4. The Morgan fingerprint density at radius 3 is 2.04 bits per heavy atom. The quantitative estimate of drug-likeness (QED) is 0.587. The summed E-state index contributed by atoms with van der Waals surface area (Å²) in [5, 5.41) is 0. The highest BCUT2D eigenvalue weighted by atomic mass is 16.6. The van der Waals surface area contributed by atoms with Crippen LogP contribution >= 0.6 is 0 Å². The van der Waals surface area contributed by atoms with Crippen LogP contribution in [-0.2, 0) is 19.1 Å². The molecule has 5 heteroatoms. The number of hydrogen-bond donors (Lipinski definition) is 0. The lowest BCUT2D eigenvalue weighted by molar-refractivity contribution is -0.192. The lowest BCUT2D eigenvalue weighted by Gasteiger charge is -2.43. The molecule has 1 fully saturated rings. The molecule has 0 N–H and O–H groups in total. The van der Waals surface area contributed by atoms with Gasteiger partial charge in [0.25, 0.3) is 0 Å². The van der Waals surface area contributed by atoms with Gasteiger partial charge in [-0.3, -0.25) is 14.4 Å². The number of likely N-dealkylation sites (tertiary alicyclic amines) is 1. The van der Waals surface area contributed by atoms with Crippen molar-refractivity contribution in [1.82, 2.24) is 4.90 Å². The van der Waals surface area contributed by atoms with Crippen LogP contribution in [0.1, 0.15) is 68.2 Å². The summed E-state index contributed by atoms with van der Waals surface area (Å²) < 4.78 is 5.29. The second kappa shape index (κ2) is 6.62. The molecule has 0 aliphatic carbocycles. The standard InChI is InChI=1S/C18H31NO4/c1-11(2)16(22)23-14-9-13(20)19(14)15(21)12(18(6,7)8)10-17(3,4)5/h11-12,14H,9-10H2,1-8H3. The zero-order valence-corrected chi connectivity index (χ0v) is 15.7. The minimum Gasteiger partial charge on any atom is -0.440 e. The third-order valence-corrected chi connectivity index (χ3v) is 4.03. The number of rotatable bonds is 4. The minimum atomic E-state index is -0.741. The van der Waals surface area contributed by atoms with Gasteiger partial charge in [-0.1, -0.05) is 55.4 Å². The predicted molar refractivity (Wildman–Crippen MR) is 88.2 cm³/mol. The number of amides is 2. The summed E-state index contributed by atoms with van der Waals surface area (Å²) >= 11 is 0. The number of carbonyl (C=O) groups is 3. The summed E-state index contributed by atoms with van der Waals surface area (Å²) in [4.78, 5) is 37.8. The summed E-state index contributed by atoms with van der Waals surface area (Å²) in [5.74, 6) is -1.46. The van der Waals surface area contributed by atoms with Gasteiger partial charge in [-0.25, -0.2) is 4.90 Å². The lowest BCUT2D eigenvalue weighted by Crippen LogP contribution is -2.60. The maximum Gasteiger partial charge on any atom is 0.310 e. The molecular weight excluding hydrogens is 294 g/mol. The van der Waals surface area contributed by atoms with Crippen molar-refractivity contribution in [2.45, 2.75) is 74.5 Å². The molecule has 1 saturated heterocycles. The van der Waals surface area contributed by atoms with Gasteiger partial charge >= 0.3 is 5.97 Å². The highest BCUT2D eigenvalue weighted by molar-refractivity contribution is 6.01. The van der Waals surface area contributed by atoms with Crippen molar-refractivity contribution in [3.63, 3.8) is 0 Å². The van der Waals surface area contributed by atoms with Gasteiger partial charge in [0.1, 0.15) is 0 Å². The van der Waals surface area contributed by atoms with Crippen LogP contribution in [0.5, 0.6) is 0 Å². The van der Waals surface area contributed by atoms with Crippen LogP contribution in [0.25, 0.3) is 0 Å². The largest absolute Gasteiger partial charge is 0.440 e. The molecule has 0 spiro atoms. The Morgan fingerprint density at radius 1 is 1.17 bits per heavy atom. The monoisotopic (exact) mass is 325 g/mol. The summed E-state index contributed by atoms with van der Waals surface area (Å²) in [6.07, 6.45) is 0.0234. The van der Waals surface area contributed by atoms with E-state index in [1.807, 2.05) is 20.8 Å². The molecule has 0 saturated carbocycles. The van der Waals surface area contributed by atoms with E-state index in [9.17, 15) is 14.4 Å². The first-order chi connectivity index (χ1) is 10.2. The molecule has 0 bridgehead atoms. The number of nitrogens with zero attached hydrogens (tertiary/aromatic N) is 1. The highest BCUT2D eigenvalue weighted by Crippen LogP contribution is 2.39. The molecule has 0 aromatic heterocycles.